The summed E-state index contributed by atoms with van der Waals surface area (Å²) < 4.78 is 4.63. The summed E-state index contributed by atoms with van der Waals surface area (Å²) in [7, 11) is 3.26. The third kappa shape index (κ3) is 4.71. The molecule has 0 heterocycles. The summed E-state index contributed by atoms with van der Waals surface area (Å²) in [5, 5.41) is 2.97. The standard InChI is InChI=1S/C14H17NO2/c1-15-11-5-8-12-6-3-4-7-13(12)9-10-14(16)17-2/h3-4,6-7,15H,9-11H2,1-2H3. The Morgan fingerprint density at radius 3 is 2.88 bits per heavy atom. The number of hydrogen-bond acceptors (Lipinski definition) is 3. The smallest absolute Gasteiger partial charge is 0.305 e. The molecule has 0 saturated carbocycles. The maximum absolute atomic E-state index is 11.1. The highest BCUT2D eigenvalue weighted by Gasteiger charge is 2.03. The van der Waals surface area contributed by atoms with Gasteiger partial charge in [-0.25, -0.2) is 0 Å². The molecule has 90 valence electrons. The van der Waals surface area contributed by atoms with Crippen LogP contribution in [0, 0.1) is 11.8 Å². The lowest BCUT2D eigenvalue weighted by molar-refractivity contribution is -0.140. The molecule has 1 aromatic carbocycles. The van der Waals surface area contributed by atoms with Crippen LogP contribution in [0.15, 0.2) is 24.3 Å². The van der Waals surface area contributed by atoms with Gasteiger partial charge < -0.3 is 10.1 Å². The molecule has 0 fully saturated rings. The van der Waals surface area contributed by atoms with Crippen LogP contribution in [-0.4, -0.2) is 26.7 Å². The Kier molecular flexibility index (Phi) is 5.84. The molecule has 3 nitrogen and oxygen atoms in total. The second-order valence-corrected chi connectivity index (χ2v) is 3.57. The van der Waals surface area contributed by atoms with Crippen LogP contribution in [0.2, 0.25) is 0 Å². The van der Waals surface area contributed by atoms with Gasteiger partial charge in [0, 0.05) is 12.0 Å². The largest absolute Gasteiger partial charge is 0.469 e. The molecular formula is C14H17NO2. The predicted octanol–water partition coefficient (Wildman–Crippen LogP) is 1.36. The van der Waals surface area contributed by atoms with E-state index in [1.165, 1.54) is 7.11 Å². The van der Waals surface area contributed by atoms with E-state index in [0.717, 1.165) is 11.1 Å². The Bertz CT molecular complexity index is 429. The van der Waals surface area contributed by atoms with Crippen molar-refractivity contribution in [1.29, 1.82) is 0 Å². The Morgan fingerprint density at radius 2 is 2.18 bits per heavy atom. The highest BCUT2D eigenvalue weighted by Crippen LogP contribution is 2.10. The third-order valence-electron chi connectivity index (χ3n) is 2.33. The maximum Gasteiger partial charge on any atom is 0.305 e. The molecule has 1 aromatic rings. The Labute approximate surface area is 102 Å². The van der Waals surface area contributed by atoms with Crippen molar-refractivity contribution in [2.24, 2.45) is 0 Å². The number of carbonyl (C=O) groups excluding carboxylic acids is 1. The second-order valence-electron chi connectivity index (χ2n) is 3.57. The summed E-state index contributed by atoms with van der Waals surface area (Å²) in [6.45, 7) is 0.658. The summed E-state index contributed by atoms with van der Waals surface area (Å²) in [6, 6.07) is 7.86. The van der Waals surface area contributed by atoms with Crippen molar-refractivity contribution in [1.82, 2.24) is 5.32 Å². The van der Waals surface area contributed by atoms with Crippen molar-refractivity contribution in [3.63, 3.8) is 0 Å². The van der Waals surface area contributed by atoms with Crippen LogP contribution in [0.3, 0.4) is 0 Å². The average Bonchev–Trinajstić information content (AvgIpc) is 2.37. The van der Waals surface area contributed by atoms with E-state index < -0.39 is 0 Å². The average molecular weight is 231 g/mol. The van der Waals surface area contributed by atoms with E-state index in [4.69, 9.17) is 0 Å². The quantitative estimate of drug-likeness (QED) is 0.628. The van der Waals surface area contributed by atoms with Gasteiger partial charge in [0.2, 0.25) is 0 Å². The van der Waals surface area contributed by atoms with Gasteiger partial charge in [0.05, 0.1) is 13.7 Å². The van der Waals surface area contributed by atoms with Crippen LogP contribution in [0.5, 0.6) is 0 Å². The summed E-state index contributed by atoms with van der Waals surface area (Å²) in [5.41, 5.74) is 2.06. The number of methoxy groups -OCH3 is 1. The zero-order valence-corrected chi connectivity index (χ0v) is 10.2. The molecule has 1 N–H and O–H groups in total. The normalized spacial score (nSPS) is 9.29. The highest BCUT2D eigenvalue weighted by molar-refractivity contribution is 5.69. The molecule has 3 heteroatoms. The van der Waals surface area contributed by atoms with E-state index in [1.54, 1.807) is 0 Å². The first-order valence-corrected chi connectivity index (χ1v) is 5.56. The van der Waals surface area contributed by atoms with Gasteiger partial charge in [-0.3, -0.25) is 4.79 Å². The fourth-order valence-electron chi connectivity index (χ4n) is 1.43. The van der Waals surface area contributed by atoms with Crippen molar-refractivity contribution < 1.29 is 9.53 Å². The Morgan fingerprint density at radius 1 is 1.41 bits per heavy atom. The van der Waals surface area contributed by atoms with Gasteiger partial charge >= 0.3 is 5.97 Å². The van der Waals surface area contributed by atoms with Crippen molar-refractivity contribution in [2.45, 2.75) is 12.8 Å². The van der Waals surface area contributed by atoms with E-state index in [0.29, 0.717) is 19.4 Å². The number of ether oxygens (including phenoxy) is 1. The van der Waals surface area contributed by atoms with Crippen LogP contribution < -0.4 is 5.32 Å². The molecule has 0 aromatic heterocycles. The van der Waals surface area contributed by atoms with Crippen LogP contribution >= 0.6 is 0 Å². The fraction of sp³-hybridized carbons (Fsp3) is 0.357. The van der Waals surface area contributed by atoms with Crippen LogP contribution in [0.1, 0.15) is 17.5 Å². The first kappa shape index (κ1) is 13.3. The van der Waals surface area contributed by atoms with E-state index >= 15 is 0 Å². The van der Waals surface area contributed by atoms with Gasteiger partial charge in [0.15, 0.2) is 0 Å². The van der Waals surface area contributed by atoms with E-state index in [-0.39, 0.29) is 5.97 Å². The summed E-state index contributed by atoms with van der Waals surface area (Å²) in [6.07, 6.45) is 1.05. The maximum atomic E-state index is 11.1. The molecule has 0 aliphatic carbocycles. The molecule has 1 rings (SSSR count). The Balaban J connectivity index is 2.71. The fourth-order valence-corrected chi connectivity index (χ4v) is 1.43. The molecule has 0 bridgehead atoms. The minimum Gasteiger partial charge on any atom is -0.469 e. The van der Waals surface area contributed by atoms with Crippen molar-refractivity contribution >= 4 is 5.97 Å². The predicted molar refractivity (Wildman–Crippen MR) is 67.6 cm³/mol. The van der Waals surface area contributed by atoms with Gasteiger partial charge in [-0.15, -0.1) is 0 Å². The molecule has 0 radical (unpaired) electrons. The second kappa shape index (κ2) is 7.48. The van der Waals surface area contributed by atoms with Gasteiger partial charge in [-0.2, -0.15) is 0 Å². The molecule has 0 atom stereocenters. The number of rotatable bonds is 4. The molecular weight excluding hydrogens is 214 g/mol. The number of hydrogen-bond donors (Lipinski definition) is 1. The zero-order chi connectivity index (χ0) is 12.5. The lowest BCUT2D eigenvalue weighted by atomic mass is 10.0. The van der Waals surface area contributed by atoms with Gasteiger partial charge in [-0.05, 0) is 25.1 Å². The van der Waals surface area contributed by atoms with E-state index in [2.05, 4.69) is 21.9 Å². The van der Waals surface area contributed by atoms with Gasteiger partial charge in [-0.1, -0.05) is 30.0 Å². The van der Waals surface area contributed by atoms with Crippen LogP contribution in [0.25, 0.3) is 0 Å². The highest BCUT2D eigenvalue weighted by atomic mass is 16.5. The van der Waals surface area contributed by atoms with E-state index in [1.807, 2.05) is 31.3 Å². The van der Waals surface area contributed by atoms with Crippen LogP contribution in [-0.2, 0) is 16.0 Å². The van der Waals surface area contributed by atoms with Gasteiger partial charge in [0.25, 0.3) is 0 Å². The minimum atomic E-state index is -0.192. The molecule has 0 amide bonds. The zero-order valence-electron chi connectivity index (χ0n) is 10.2. The lowest BCUT2D eigenvalue weighted by Gasteiger charge is -2.03. The molecule has 0 unspecified atom stereocenters. The summed E-state index contributed by atoms with van der Waals surface area (Å²) in [5.74, 6) is 5.92. The van der Waals surface area contributed by atoms with Gasteiger partial charge in [0.1, 0.15) is 0 Å². The topological polar surface area (TPSA) is 38.3 Å². The number of esters is 1. The molecule has 0 saturated heterocycles. The Hall–Kier alpha value is -1.79. The molecule has 17 heavy (non-hydrogen) atoms. The number of carbonyl (C=O) groups is 1. The monoisotopic (exact) mass is 231 g/mol. The van der Waals surface area contributed by atoms with Crippen LogP contribution in [0.4, 0.5) is 0 Å². The number of benzene rings is 1. The van der Waals surface area contributed by atoms with Crippen molar-refractivity contribution in [2.75, 3.05) is 20.7 Å². The first-order chi connectivity index (χ1) is 8.27. The number of aryl methyl sites for hydroxylation is 1. The van der Waals surface area contributed by atoms with Crippen molar-refractivity contribution in [3.8, 4) is 11.8 Å². The number of nitrogens with one attached hydrogen (secondary N) is 1. The molecule has 0 spiro atoms. The summed E-state index contributed by atoms with van der Waals surface area (Å²) >= 11 is 0. The molecule has 0 aliphatic rings. The minimum absolute atomic E-state index is 0.192. The SMILES string of the molecule is CNCC#Cc1ccccc1CCC(=O)OC. The lowest BCUT2D eigenvalue weighted by Crippen LogP contribution is -2.05. The third-order valence-corrected chi connectivity index (χ3v) is 2.33. The van der Waals surface area contributed by atoms with Crippen molar-refractivity contribution in [3.05, 3.63) is 35.4 Å². The molecule has 0 aliphatic heterocycles. The first-order valence-electron chi connectivity index (χ1n) is 5.56. The summed E-state index contributed by atoms with van der Waals surface area (Å²) in [4.78, 5) is 11.1. The van der Waals surface area contributed by atoms with E-state index in [9.17, 15) is 4.79 Å².